The van der Waals surface area contributed by atoms with E-state index in [2.05, 4.69) is 0 Å². The molecule has 0 saturated heterocycles. The maximum Gasteiger partial charge on any atom is 0.328 e. The van der Waals surface area contributed by atoms with Crippen molar-refractivity contribution in [2.45, 2.75) is 19.4 Å². The molecule has 1 N–H and O–H groups in total. The Hall–Kier alpha value is -1.49. The Morgan fingerprint density at radius 2 is 2.00 bits per heavy atom. The molecule has 1 aromatic rings. The third-order valence-corrected chi connectivity index (χ3v) is 3.14. The van der Waals surface area contributed by atoms with Gasteiger partial charge in [-0.05, 0) is 38.2 Å². The van der Waals surface area contributed by atoms with Gasteiger partial charge in [0.05, 0.1) is 0 Å². The monoisotopic (exact) mass is 243 g/mol. The normalized spacial score (nSPS) is 14.7. The average Bonchev–Trinajstić information content (AvgIpc) is 2.30. The van der Waals surface area contributed by atoms with Crippen LogP contribution in [0.1, 0.15) is 19.4 Å². The second kappa shape index (κ2) is 4.79. The number of aliphatic carboxylic acids is 1. The first kappa shape index (κ1) is 13.6. The number of carbonyl (C=O) groups is 1. The van der Waals surface area contributed by atoms with Crippen LogP contribution in [-0.4, -0.2) is 29.6 Å². The number of nitrogens with zero attached hydrogens (tertiary/aromatic N) is 1. The Morgan fingerprint density at radius 1 is 1.41 bits per heavy atom. The molecule has 1 atom stereocenters. The summed E-state index contributed by atoms with van der Waals surface area (Å²) in [5.74, 6) is -3.13. The van der Waals surface area contributed by atoms with Gasteiger partial charge in [0.15, 0.2) is 11.6 Å². The summed E-state index contributed by atoms with van der Waals surface area (Å²) in [7, 11) is 1.62. The van der Waals surface area contributed by atoms with Crippen molar-refractivity contribution in [2.24, 2.45) is 0 Å². The van der Waals surface area contributed by atoms with Crippen molar-refractivity contribution in [3.8, 4) is 0 Å². The van der Waals surface area contributed by atoms with E-state index in [-0.39, 0.29) is 5.56 Å². The number of hydrogen-bond donors (Lipinski definition) is 1. The van der Waals surface area contributed by atoms with E-state index in [9.17, 15) is 18.7 Å². The zero-order valence-electron chi connectivity index (χ0n) is 10.00. The fourth-order valence-corrected chi connectivity index (χ4v) is 1.62. The molecule has 1 rings (SSSR count). The van der Waals surface area contributed by atoms with Crippen LogP contribution < -0.4 is 0 Å². The molecule has 0 aliphatic rings. The molecule has 0 bridgehead atoms. The molecule has 0 aromatic heterocycles. The quantitative estimate of drug-likeness (QED) is 0.881. The number of carboxylic acids is 1. The van der Waals surface area contributed by atoms with Crippen LogP contribution in [0.2, 0.25) is 0 Å². The zero-order valence-corrected chi connectivity index (χ0v) is 10.00. The van der Waals surface area contributed by atoms with Gasteiger partial charge in [0.25, 0.3) is 0 Å². The molecule has 5 heteroatoms. The predicted octanol–water partition coefficient (Wildman–Crippen LogP) is 2.22. The molecule has 1 unspecified atom stereocenters. The summed E-state index contributed by atoms with van der Waals surface area (Å²) in [6.07, 6.45) is 0. The van der Waals surface area contributed by atoms with E-state index in [1.807, 2.05) is 0 Å². The van der Waals surface area contributed by atoms with Crippen LogP contribution in [0.15, 0.2) is 18.2 Å². The molecule has 0 aliphatic heterocycles. The van der Waals surface area contributed by atoms with Crippen LogP contribution in [0, 0.1) is 11.6 Å². The van der Waals surface area contributed by atoms with Gasteiger partial charge in [-0.2, -0.15) is 0 Å². The number of rotatable bonds is 4. The predicted molar refractivity (Wildman–Crippen MR) is 59.6 cm³/mol. The first-order valence-corrected chi connectivity index (χ1v) is 5.24. The summed E-state index contributed by atoms with van der Waals surface area (Å²) in [6, 6.07) is 3.16. The molecule has 0 spiro atoms. The SMILES string of the molecule is CCN(C)C(C)(C(=O)O)c1ccc(F)c(F)c1. The van der Waals surface area contributed by atoms with Crippen LogP contribution in [-0.2, 0) is 10.3 Å². The second-order valence-corrected chi connectivity index (χ2v) is 4.02. The summed E-state index contributed by atoms with van der Waals surface area (Å²) < 4.78 is 26.0. The first-order chi connectivity index (χ1) is 7.83. The van der Waals surface area contributed by atoms with Gasteiger partial charge in [-0.15, -0.1) is 0 Å². The van der Waals surface area contributed by atoms with Crippen LogP contribution in [0.4, 0.5) is 8.78 Å². The van der Waals surface area contributed by atoms with Gasteiger partial charge in [-0.1, -0.05) is 13.0 Å². The van der Waals surface area contributed by atoms with E-state index in [1.165, 1.54) is 13.0 Å². The molecular weight excluding hydrogens is 228 g/mol. The highest BCUT2D eigenvalue weighted by Gasteiger charge is 2.39. The van der Waals surface area contributed by atoms with Gasteiger partial charge in [0.2, 0.25) is 0 Å². The van der Waals surface area contributed by atoms with Crippen molar-refractivity contribution in [1.29, 1.82) is 0 Å². The van der Waals surface area contributed by atoms with Crippen molar-refractivity contribution < 1.29 is 18.7 Å². The van der Waals surface area contributed by atoms with Crippen molar-refractivity contribution >= 4 is 5.97 Å². The van der Waals surface area contributed by atoms with Crippen molar-refractivity contribution in [2.75, 3.05) is 13.6 Å². The van der Waals surface area contributed by atoms with Crippen LogP contribution in [0.3, 0.4) is 0 Å². The molecule has 0 heterocycles. The topological polar surface area (TPSA) is 40.5 Å². The number of halogens is 2. The maximum absolute atomic E-state index is 13.2. The highest BCUT2D eigenvalue weighted by Crippen LogP contribution is 2.28. The molecule has 0 radical (unpaired) electrons. The summed E-state index contributed by atoms with van der Waals surface area (Å²) >= 11 is 0. The lowest BCUT2D eigenvalue weighted by Crippen LogP contribution is -2.47. The van der Waals surface area contributed by atoms with Gasteiger partial charge in [-0.3, -0.25) is 4.90 Å². The standard InChI is InChI=1S/C12H15F2NO2/c1-4-15(3)12(2,11(16)17)8-5-6-9(13)10(14)7-8/h5-7H,4H2,1-3H3,(H,16,17). The Bertz CT molecular complexity index is 437. The summed E-state index contributed by atoms with van der Waals surface area (Å²) in [5.41, 5.74) is -1.16. The van der Waals surface area contributed by atoms with E-state index in [0.29, 0.717) is 6.54 Å². The van der Waals surface area contributed by atoms with Gasteiger partial charge in [0, 0.05) is 0 Å². The minimum atomic E-state index is -1.37. The van der Waals surface area contributed by atoms with E-state index < -0.39 is 23.1 Å². The second-order valence-electron chi connectivity index (χ2n) is 4.02. The van der Waals surface area contributed by atoms with Gasteiger partial charge < -0.3 is 5.11 Å². The summed E-state index contributed by atoms with van der Waals surface area (Å²) in [5, 5.41) is 9.29. The van der Waals surface area contributed by atoms with E-state index >= 15 is 0 Å². The van der Waals surface area contributed by atoms with Crippen LogP contribution in [0.5, 0.6) is 0 Å². The Labute approximate surface area is 98.7 Å². The largest absolute Gasteiger partial charge is 0.480 e. The van der Waals surface area contributed by atoms with Gasteiger partial charge >= 0.3 is 5.97 Å². The molecule has 0 aliphatic carbocycles. The fourth-order valence-electron chi connectivity index (χ4n) is 1.62. The van der Waals surface area contributed by atoms with Crippen molar-refractivity contribution in [3.05, 3.63) is 35.4 Å². The number of benzene rings is 1. The fraction of sp³-hybridized carbons (Fsp3) is 0.417. The highest BCUT2D eigenvalue weighted by atomic mass is 19.2. The Balaban J connectivity index is 3.32. The van der Waals surface area contributed by atoms with Crippen LogP contribution in [0.25, 0.3) is 0 Å². The third-order valence-electron chi connectivity index (χ3n) is 3.14. The molecule has 0 amide bonds. The average molecular weight is 243 g/mol. The van der Waals surface area contributed by atoms with Crippen molar-refractivity contribution in [3.63, 3.8) is 0 Å². The van der Waals surface area contributed by atoms with Gasteiger partial charge in [-0.25, -0.2) is 13.6 Å². The highest BCUT2D eigenvalue weighted by molar-refractivity contribution is 5.80. The third kappa shape index (κ3) is 2.29. The smallest absolute Gasteiger partial charge is 0.328 e. The minimum absolute atomic E-state index is 0.216. The molecule has 3 nitrogen and oxygen atoms in total. The molecule has 0 fully saturated rings. The summed E-state index contributed by atoms with van der Waals surface area (Å²) in [4.78, 5) is 12.9. The van der Waals surface area contributed by atoms with E-state index in [4.69, 9.17) is 0 Å². The number of hydrogen-bond acceptors (Lipinski definition) is 2. The van der Waals surface area contributed by atoms with E-state index in [0.717, 1.165) is 12.1 Å². The van der Waals surface area contributed by atoms with Crippen molar-refractivity contribution in [1.82, 2.24) is 4.90 Å². The lowest BCUT2D eigenvalue weighted by molar-refractivity contribution is -0.150. The molecule has 1 aromatic carbocycles. The molecule has 17 heavy (non-hydrogen) atoms. The zero-order chi connectivity index (χ0) is 13.2. The van der Waals surface area contributed by atoms with Crippen LogP contribution >= 0.6 is 0 Å². The molecular formula is C12H15F2NO2. The van der Waals surface area contributed by atoms with E-state index in [1.54, 1.807) is 18.9 Å². The maximum atomic E-state index is 13.2. The minimum Gasteiger partial charge on any atom is -0.480 e. The number of likely N-dealkylation sites (N-methyl/N-ethyl adjacent to an activating group) is 1. The molecule has 0 saturated carbocycles. The first-order valence-electron chi connectivity index (χ1n) is 5.24. The lowest BCUT2D eigenvalue weighted by atomic mass is 9.90. The lowest BCUT2D eigenvalue weighted by Gasteiger charge is -2.34. The Kier molecular flexibility index (Phi) is 3.83. The summed E-state index contributed by atoms with van der Waals surface area (Å²) in [6.45, 7) is 3.73. The van der Waals surface area contributed by atoms with Gasteiger partial charge in [0.1, 0.15) is 5.54 Å². The molecule has 94 valence electrons. The number of carboxylic acid groups (broad SMARTS) is 1. The Morgan fingerprint density at radius 3 is 2.41 bits per heavy atom.